The summed E-state index contributed by atoms with van der Waals surface area (Å²) >= 11 is 0. The molecule has 1 rings (SSSR count). The van der Waals surface area contributed by atoms with Gasteiger partial charge in [-0.1, -0.05) is 6.92 Å². The number of halogens is 1. The Labute approximate surface area is 110 Å². The summed E-state index contributed by atoms with van der Waals surface area (Å²) in [5.41, 5.74) is -0.451. The number of likely N-dealkylation sites (tertiary alicyclic amines) is 1. The quantitative estimate of drug-likeness (QED) is 0.732. The molecule has 1 aliphatic rings. The fourth-order valence-electron chi connectivity index (χ4n) is 1.75. The molecule has 1 N–H and O–H groups in total. The van der Waals surface area contributed by atoms with Crippen molar-refractivity contribution in [3.05, 3.63) is 0 Å². The smallest absolute Gasteiger partial charge is 0.410 e. The van der Waals surface area contributed by atoms with Gasteiger partial charge in [-0.2, -0.15) is 0 Å². The van der Waals surface area contributed by atoms with E-state index in [1.54, 1.807) is 4.90 Å². The van der Waals surface area contributed by atoms with Gasteiger partial charge in [-0.3, -0.25) is 0 Å². The number of ether oxygens (including phenoxy) is 1. The van der Waals surface area contributed by atoms with E-state index in [4.69, 9.17) is 4.74 Å². The van der Waals surface area contributed by atoms with Crippen LogP contribution in [0.25, 0.3) is 0 Å². The maximum atomic E-state index is 11.8. The molecule has 0 aromatic carbocycles. The zero-order valence-electron chi connectivity index (χ0n) is 11.1. The number of hydrogen-bond acceptors (Lipinski definition) is 3. The van der Waals surface area contributed by atoms with Crippen LogP contribution in [0, 0.1) is 5.92 Å². The van der Waals surface area contributed by atoms with Crippen molar-refractivity contribution in [1.82, 2.24) is 4.90 Å². The minimum absolute atomic E-state index is 0. The predicted octanol–water partition coefficient (Wildman–Crippen LogP) is 2.44. The summed E-state index contributed by atoms with van der Waals surface area (Å²) in [6.07, 6.45) is 0.905. The summed E-state index contributed by atoms with van der Waals surface area (Å²) in [5.74, 6) is 0.257. The van der Waals surface area contributed by atoms with Crippen molar-refractivity contribution in [2.75, 3.05) is 13.1 Å². The number of carbonyl (C=O) groups excluding carboxylic acids is 1. The lowest BCUT2D eigenvalue weighted by Gasteiger charge is -2.26. The molecule has 5 heteroatoms. The Hall–Kier alpha value is -0.480. The lowest BCUT2D eigenvalue weighted by Crippen LogP contribution is -2.37. The van der Waals surface area contributed by atoms with Crippen LogP contribution in [0.3, 0.4) is 0 Å². The molecule has 0 aromatic heterocycles. The van der Waals surface area contributed by atoms with Gasteiger partial charge in [0.05, 0.1) is 6.10 Å². The maximum Gasteiger partial charge on any atom is 0.410 e. The Kier molecular flexibility index (Phi) is 6.27. The number of amides is 1. The average molecular weight is 266 g/mol. The molecule has 1 aliphatic heterocycles. The Morgan fingerprint density at radius 1 is 1.29 bits per heavy atom. The van der Waals surface area contributed by atoms with E-state index < -0.39 is 5.60 Å². The van der Waals surface area contributed by atoms with Gasteiger partial charge in [-0.15, -0.1) is 12.4 Å². The van der Waals surface area contributed by atoms with Gasteiger partial charge in [0, 0.05) is 13.1 Å². The minimum atomic E-state index is -0.451. The van der Waals surface area contributed by atoms with Crippen molar-refractivity contribution in [1.29, 1.82) is 0 Å². The Morgan fingerprint density at radius 3 is 2.35 bits per heavy atom. The third kappa shape index (κ3) is 5.59. The molecule has 0 saturated carbocycles. The van der Waals surface area contributed by atoms with Crippen LogP contribution in [0.2, 0.25) is 0 Å². The van der Waals surface area contributed by atoms with Crippen LogP contribution in [0.4, 0.5) is 4.79 Å². The number of hydrogen-bond donors (Lipinski definition) is 1. The van der Waals surface area contributed by atoms with E-state index in [-0.39, 0.29) is 30.5 Å². The van der Waals surface area contributed by atoms with Crippen LogP contribution < -0.4 is 0 Å². The first-order valence-electron chi connectivity index (χ1n) is 5.95. The number of rotatable bonds is 0. The predicted molar refractivity (Wildman–Crippen MR) is 69.5 cm³/mol. The highest BCUT2D eigenvalue weighted by Crippen LogP contribution is 2.19. The molecule has 0 aliphatic carbocycles. The van der Waals surface area contributed by atoms with Gasteiger partial charge in [-0.25, -0.2) is 4.79 Å². The molecule has 1 amide bonds. The van der Waals surface area contributed by atoms with Crippen molar-refractivity contribution in [2.45, 2.75) is 52.2 Å². The van der Waals surface area contributed by atoms with Crippen molar-refractivity contribution in [3.8, 4) is 0 Å². The number of carbonyl (C=O) groups is 1. The molecule has 4 nitrogen and oxygen atoms in total. The highest BCUT2D eigenvalue weighted by molar-refractivity contribution is 5.85. The molecule has 0 aromatic rings. The molecule has 0 bridgehead atoms. The zero-order chi connectivity index (χ0) is 12.3. The van der Waals surface area contributed by atoms with E-state index >= 15 is 0 Å². The summed E-state index contributed by atoms with van der Waals surface area (Å²) in [6.45, 7) is 8.86. The average Bonchev–Trinajstić information content (AvgIpc) is 2.28. The highest BCUT2D eigenvalue weighted by Gasteiger charge is 2.27. The summed E-state index contributed by atoms with van der Waals surface area (Å²) < 4.78 is 5.31. The fourth-order valence-corrected chi connectivity index (χ4v) is 1.75. The van der Waals surface area contributed by atoms with Crippen molar-refractivity contribution in [3.63, 3.8) is 0 Å². The van der Waals surface area contributed by atoms with E-state index in [1.807, 2.05) is 27.7 Å². The van der Waals surface area contributed by atoms with Gasteiger partial charge >= 0.3 is 6.09 Å². The normalized spacial score (nSPS) is 25.8. The molecule has 0 radical (unpaired) electrons. The van der Waals surface area contributed by atoms with Gasteiger partial charge < -0.3 is 14.7 Å². The van der Waals surface area contributed by atoms with E-state index in [0.717, 1.165) is 6.42 Å². The third-order valence-corrected chi connectivity index (χ3v) is 2.86. The van der Waals surface area contributed by atoms with E-state index in [0.29, 0.717) is 19.5 Å². The lowest BCUT2D eigenvalue weighted by atomic mass is 10.0. The molecule has 2 atom stereocenters. The van der Waals surface area contributed by atoms with Gasteiger partial charge in [0.2, 0.25) is 0 Å². The van der Waals surface area contributed by atoms with Crippen molar-refractivity contribution < 1.29 is 14.6 Å². The molecular formula is C12H24ClNO3. The van der Waals surface area contributed by atoms with Crippen LogP contribution in [-0.2, 0) is 4.74 Å². The first-order valence-corrected chi connectivity index (χ1v) is 5.95. The second-order valence-electron chi connectivity index (χ2n) is 5.59. The highest BCUT2D eigenvalue weighted by atomic mass is 35.5. The van der Waals surface area contributed by atoms with E-state index in [1.165, 1.54) is 0 Å². The summed E-state index contributed by atoms with van der Waals surface area (Å²) in [7, 11) is 0. The number of nitrogens with zero attached hydrogens (tertiary/aromatic N) is 1. The molecular weight excluding hydrogens is 242 g/mol. The summed E-state index contributed by atoms with van der Waals surface area (Å²) in [6, 6.07) is 0. The SMILES string of the molecule is CC1CCN(C(=O)OC(C)(C)C)CCC1O.Cl. The first-order chi connectivity index (χ1) is 7.29. The Bertz CT molecular complexity index is 241. The van der Waals surface area contributed by atoms with Crippen LogP contribution >= 0.6 is 12.4 Å². The Balaban J connectivity index is 0.00000256. The van der Waals surface area contributed by atoms with E-state index in [2.05, 4.69) is 0 Å². The van der Waals surface area contributed by atoms with Gasteiger partial charge in [0.15, 0.2) is 0 Å². The van der Waals surface area contributed by atoms with Gasteiger partial charge in [0.1, 0.15) is 5.60 Å². The van der Waals surface area contributed by atoms with Crippen LogP contribution in [0.5, 0.6) is 0 Å². The zero-order valence-corrected chi connectivity index (χ0v) is 11.9. The molecule has 1 heterocycles. The minimum Gasteiger partial charge on any atom is -0.444 e. The second-order valence-corrected chi connectivity index (χ2v) is 5.59. The standard InChI is InChI=1S/C12H23NO3.ClH/c1-9-5-7-13(8-6-10(9)14)11(15)16-12(2,3)4;/h9-10,14H,5-8H2,1-4H3;1H. The van der Waals surface area contributed by atoms with Gasteiger partial charge in [0.25, 0.3) is 0 Å². The fraction of sp³-hybridized carbons (Fsp3) is 0.917. The molecule has 17 heavy (non-hydrogen) atoms. The van der Waals surface area contributed by atoms with Crippen molar-refractivity contribution in [2.24, 2.45) is 5.92 Å². The first kappa shape index (κ1) is 16.5. The summed E-state index contributed by atoms with van der Waals surface area (Å²) in [4.78, 5) is 13.5. The van der Waals surface area contributed by atoms with Crippen LogP contribution in [0.1, 0.15) is 40.5 Å². The molecule has 2 unspecified atom stereocenters. The molecule has 0 spiro atoms. The third-order valence-electron chi connectivity index (χ3n) is 2.86. The Morgan fingerprint density at radius 2 is 1.82 bits per heavy atom. The van der Waals surface area contributed by atoms with Crippen LogP contribution in [-0.4, -0.2) is 40.9 Å². The second kappa shape index (κ2) is 6.45. The van der Waals surface area contributed by atoms with Crippen molar-refractivity contribution >= 4 is 18.5 Å². The monoisotopic (exact) mass is 265 g/mol. The largest absolute Gasteiger partial charge is 0.444 e. The van der Waals surface area contributed by atoms with Crippen LogP contribution in [0.15, 0.2) is 0 Å². The molecule has 102 valence electrons. The topological polar surface area (TPSA) is 49.8 Å². The maximum absolute atomic E-state index is 11.8. The number of aliphatic hydroxyl groups excluding tert-OH is 1. The van der Waals surface area contributed by atoms with E-state index in [9.17, 15) is 9.90 Å². The summed E-state index contributed by atoms with van der Waals surface area (Å²) in [5, 5.41) is 9.71. The molecule has 1 fully saturated rings. The lowest BCUT2D eigenvalue weighted by molar-refractivity contribution is 0.0251. The molecule has 1 saturated heterocycles. The van der Waals surface area contributed by atoms with Gasteiger partial charge in [-0.05, 0) is 39.5 Å². The number of aliphatic hydroxyl groups is 1.